The Labute approximate surface area is 129 Å². The van der Waals surface area contributed by atoms with E-state index in [0.717, 1.165) is 0 Å². The van der Waals surface area contributed by atoms with Gasteiger partial charge in [0.25, 0.3) is 0 Å². The van der Waals surface area contributed by atoms with Crippen LogP contribution in [0.3, 0.4) is 0 Å². The zero-order valence-corrected chi connectivity index (χ0v) is 13.0. The van der Waals surface area contributed by atoms with Crippen molar-refractivity contribution in [2.75, 3.05) is 6.61 Å². The van der Waals surface area contributed by atoms with E-state index >= 15 is 0 Å². The Balaban J connectivity index is 1.60. The van der Waals surface area contributed by atoms with E-state index in [9.17, 15) is 9.18 Å². The van der Waals surface area contributed by atoms with Gasteiger partial charge in [-0.3, -0.25) is 4.79 Å². The van der Waals surface area contributed by atoms with Crippen LogP contribution in [-0.4, -0.2) is 12.4 Å². The maximum Gasteiger partial charge on any atom is 0.162 e. The van der Waals surface area contributed by atoms with Crippen LogP contribution in [0.25, 0.3) is 0 Å². The van der Waals surface area contributed by atoms with Gasteiger partial charge in [-0.25, -0.2) is 4.39 Å². The Hall–Kier alpha value is -1.09. The smallest absolute Gasteiger partial charge is 0.162 e. The summed E-state index contributed by atoms with van der Waals surface area (Å²) in [4.78, 5) is 11.3. The predicted molar refractivity (Wildman–Crippen MR) is 80.5 cm³/mol. The van der Waals surface area contributed by atoms with Gasteiger partial charge in [-0.05, 0) is 62.8 Å². The number of carbonyl (C=O) groups excluding carboxylic acids is 1. The average Bonchev–Trinajstić information content (AvgIpc) is 3.20. The van der Waals surface area contributed by atoms with Crippen LogP contribution in [0.15, 0.2) is 12.1 Å². The molecule has 1 aromatic carbocycles. The van der Waals surface area contributed by atoms with E-state index in [1.165, 1.54) is 57.6 Å². The number of carbonyl (C=O) groups is 1. The molecule has 0 bridgehead atoms. The summed E-state index contributed by atoms with van der Waals surface area (Å²) in [6, 6.07) is 2.58. The number of hydrogen-bond donors (Lipinski definition) is 0. The molecule has 2 aliphatic rings. The van der Waals surface area contributed by atoms with Crippen molar-refractivity contribution >= 4 is 17.4 Å². The third-order valence-electron chi connectivity index (χ3n) is 5.00. The molecule has 3 rings (SSSR count). The van der Waals surface area contributed by atoms with Crippen LogP contribution in [0.1, 0.15) is 55.8 Å². The van der Waals surface area contributed by atoms with Gasteiger partial charge in [0.2, 0.25) is 0 Å². The highest BCUT2D eigenvalue weighted by Gasteiger charge is 2.44. The molecule has 114 valence electrons. The number of benzene rings is 1. The lowest BCUT2D eigenvalue weighted by Gasteiger charge is -2.28. The Kier molecular flexibility index (Phi) is 3.96. The van der Waals surface area contributed by atoms with E-state index in [1.54, 1.807) is 0 Å². The van der Waals surface area contributed by atoms with Crippen LogP contribution in [-0.2, 0) is 0 Å². The molecule has 2 saturated carbocycles. The summed E-state index contributed by atoms with van der Waals surface area (Å²) in [7, 11) is 0. The molecule has 1 aromatic rings. The van der Waals surface area contributed by atoms with Crippen molar-refractivity contribution in [2.45, 2.75) is 45.4 Å². The number of halogens is 2. The maximum absolute atomic E-state index is 13.8. The van der Waals surface area contributed by atoms with Crippen molar-refractivity contribution in [3.63, 3.8) is 0 Å². The second kappa shape index (κ2) is 5.60. The molecule has 0 amide bonds. The quantitative estimate of drug-likeness (QED) is 0.729. The van der Waals surface area contributed by atoms with Crippen molar-refractivity contribution in [1.29, 1.82) is 0 Å². The summed E-state index contributed by atoms with van der Waals surface area (Å²) >= 11 is 6.07. The molecule has 21 heavy (non-hydrogen) atoms. The number of Topliss-reactive ketones (excluding diaryl/α,β-unsaturated/α-hetero) is 1. The topological polar surface area (TPSA) is 26.3 Å². The molecule has 0 unspecified atom stereocenters. The molecule has 0 radical (unpaired) electrons. The van der Waals surface area contributed by atoms with E-state index in [1.807, 2.05) is 0 Å². The van der Waals surface area contributed by atoms with Gasteiger partial charge in [0.15, 0.2) is 5.78 Å². The number of ketones is 1. The largest absolute Gasteiger partial charge is 0.492 e. The highest BCUT2D eigenvalue weighted by molar-refractivity contribution is 6.32. The average molecular weight is 311 g/mol. The van der Waals surface area contributed by atoms with Gasteiger partial charge in [0, 0.05) is 6.07 Å². The van der Waals surface area contributed by atoms with E-state index in [-0.39, 0.29) is 11.3 Å². The standard InChI is InChI=1S/C17H20ClFO2/c1-11(20)13-8-14(18)16(9-15(13)19)21-10-12-2-4-17(5-3-12)6-7-17/h8-9,12H,2-7,10H2,1H3. The van der Waals surface area contributed by atoms with E-state index in [4.69, 9.17) is 16.3 Å². The predicted octanol–water partition coefficient (Wildman–Crippen LogP) is 5.03. The monoisotopic (exact) mass is 310 g/mol. The fraction of sp³-hybridized carbons (Fsp3) is 0.588. The molecule has 0 atom stereocenters. The van der Waals surface area contributed by atoms with Crippen LogP contribution in [0, 0.1) is 17.2 Å². The van der Waals surface area contributed by atoms with Crippen LogP contribution in [0.2, 0.25) is 5.02 Å². The Morgan fingerprint density at radius 3 is 2.57 bits per heavy atom. The Bertz CT molecular complexity index is 556. The van der Waals surface area contributed by atoms with E-state index in [2.05, 4.69) is 0 Å². The zero-order chi connectivity index (χ0) is 15.0. The minimum atomic E-state index is -0.567. The molecule has 0 heterocycles. The molecule has 0 aliphatic heterocycles. The Morgan fingerprint density at radius 1 is 1.33 bits per heavy atom. The zero-order valence-electron chi connectivity index (χ0n) is 12.3. The van der Waals surface area contributed by atoms with Gasteiger partial charge >= 0.3 is 0 Å². The summed E-state index contributed by atoms with van der Waals surface area (Å²) in [5.74, 6) is -0.0286. The lowest BCUT2D eigenvalue weighted by Crippen LogP contribution is -2.20. The Morgan fingerprint density at radius 2 is 2.00 bits per heavy atom. The van der Waals surface area contributed by atoms with Crippen molar-refractivity contribution in [1.82, 2.24) is 0 Å². The van der Waals surface area contributed by atoms with E-state index in [0.29, 0.717) is 28.7 Å². The van der Waals surface area contributed by atoms with Gasteiger partial charge in [-0.1, -0.05) is 11.6 Å². The molecule has 2 nitrogen and oxygen atoms in total. The second-order valence-corrected chi connectivity index (χ2v) is 6.98. The normalized spacial score (nSPS) is 20.5. The molecule has 2 fully saturated rings. The SMILES string of the molecule is CC(=O)c1cc(Cl)c(OCC2CCC3(CC2)CC3)cc1F. The van der Waals surface area contributed by atoms with Crippen molar-refractivity contribution in [3.05, 3.63) is 28.5 Å². The van der Waals surface area contributed by atoms with Crippen molar-refractivity contribution in [3.8, 4) is 5.75 Å². The highest BCUT2D eigenvalue weighted by atomic mass is 35.5. The molecule has 0 aromatic heterocycles. The summed E-state index contributed by atoms with van der Waals surface area (Å²) in [6.07, 6.45) is 7.75. The van der Waals surface area contributed by atoms with Crippen LogP contribution < -0.4 is 4.74 Å². The lowest BCUT2D eigenvalue weighted by molar-refractivity contribution is 0.101. The van der Waals surface area contributed by atoms with Gasteiger partial charge in [0.05, 0.1) is 17.2 Å². The third kappa shape index (κ3) is 3.23. The van der Waals surface area contributed by atoms with Gasteiger partial charge < -0.3 is 4.74 Å². The first-order valence-corrected chi connectivity index (χ1v) is 8.00. The molecular formula is C17H20ClFO2. The first kappa shape index (κ1) is 14.8. The molecule has 1 spiro atoms. The summed E-state index contributed by atoms with van der Waals surface area (Å²) < 4.78 is 19.5. The minimum absolute atomic E-state index is 0.0145. The minimum Gasteiger partial charge on any atom is -0.492 e. The van der Waals surface area contributed by atoms with Crippen molar-refractivity contribution < 1.29 is 13.9 Å². The van der Waals surface area contributed by atoms with Crippen LogP contribution in [0.4, 0.5) is 4.39 Å². The molecule has 2 aliphatic carbocycles. The fourth-order valence-electron chi connectivity index (χ4n) is 3.25. The van der Waals surface area contributed by atoms with Gasteiger partial charge in [0.1, 0.15) is 11.6 Å². The summed E-state index contributed by atoms with van der Waals surface area (Å²) in [5.41, 5.74) is 0.685. The fourth-order valence-corrected chi connectivity index (χ4v) is 3.47. The summed E-state index contributed by atoms with van der Waals surface area (Å²) in [6.45, 7) is 1.90. The second-order valence-electron chi connectivity index (χ2n) is 6.57. The summed E-state index contributed by atoms with van der Waals surface area (Å²) in [5, 5.41) is 0.302. The molecular weight excluding hydrogens is 291 g/mol. The third-order valence-corrected chi connectivity index (χ3v) is 5.29. The molecule has 0 saturated heterocycles. The van der Waals surface area contributed by atoms with Gasteiger partial charge in [-0.15, -0.1) is 0 Å². The first-order valence-electron chi connectivity index (χ1n) is 7.62. The highest BCUT2D eigenvalue weighted by Crippen LogP contribution is 2.57. The first-order chi connectivity index (χ1) is 9.99. The molecule has 4 heteroatoms. The lowest BCUT2D eigenvalue weighted by atomic mass is 9.80. The van der Waals surface area contributed by atoms with Crippen LogP contribution >= 0.6 is 11.6 Å². The van der Waals surface area contributed by atoms with Gasteiger partial charge in [-0.2, -0.15) is 0 Å². The molecule has 0 N–H and O–H groups in total. The number of ether oxygens (including phenoxy) is 1. The number of rotatable bonds is 4. The van der Waals surface area contributed by atoms with E-state index < -0.39 is 5.82 Å². The maximum atomic E-state index is 13.8. The van der Waals surface area contributed by atoms with Crippen LogP contribution in [0.5, 0.6) is 5.75 Å². The number of hydrogen-bond acceptors (Lipinski definition) is 2. The van der Waals surface area contributed by atoms with Crippen molar-refractivity contribution in [2.24, 2.45) is 11.3 Å².